The molecule has 0 N–H and O–H groups in total. The highest BCUT2D eigenvalue weighted by molar-refractivity contribution is 6.23. The van der Waals surface area contributed by atoms with Gasteiger partial charge in [-0.15, -0.1) is 0 Å². The lowest BCUT2D eigenvalue weighted by molar-refractivity contribution is 0.672. The Kier molecular flexibility index (Phi) is 7.07. The van der Waals surface area contributed by atoms with Crippen LogP contribution in [0.15, 0.2) is 186 Å². The van der Waals surface area contributed by atoms with Gasteiger partial charge in [0, 0.05) is 49.6 Å². The zero-order valence-corrected chi connectivity index (χ0v) is 28.0. The van der Waals surface area contributed by atoms with Gasteiger partial charge in [-0.3, -0.25) is 0 Å². The van der Waals surface area contributed by atoms with E-state index in [9.17, 15) is 0 Å². The van der Waals surface area contributed by atoms with Gasteiger partial charge < -0.3 is 9.32 Å². The van der Waals surface area contributed by atoms with Crippen LogP contribution >= 0.6 is 0 Å². The monoisotopic (exact) mass is 666 g/mol. The Balaban J connectivity index is 1.30. The molecular formula is C47H30N4O. The molecule has 0 saturated carbocycles. The highest BCUT2D eigenvalue weighted by Gasteiger charge is 2.23. The van der Waals surface area contributed by atoms with Crippen molar-refractivity contribution in [2.75, 3.05) is 4.90 Å². The summed E-state index contributed by atoms with van der Waals surface area (Å²) in [6.45, 7) is 0. The van der Waals surface area contributed by atoms with Crippen LogP contribution in [0.2, 0.25) is 0 Å². The van der Waals surface area contributed by atoms with E-state index in [1.807, 2.05) is 72.8 Å². The summed E-state index contributed by atoms with van der Waals surface area (Å²) in [5.41, 5.74) is 7.45. The molecule has 0 fully saturated rings. The summed E-state index contributed by atoms with van der Waals surface area (Å²) in [6, 6.07) is 62.7. The van der Waals surface area contributed by atoms with Crippen LogP contribution in [0.4, 0.5) is 17.1 Å². The van der Waals surface area contributed by atoms with Crippen LogP contribution in [-0.2, 0) is 0 Å². The lowest BCUT2D eigenvalue weighted by atomic mass is 9.97. The van der Waals surface area contributed by atoms with Crippen LogP contribution in [0.25, 0.3) is 77.6 Å². The third-order valence-corrected chi connectivity index (χ3v) is 9.67. The summed E-state index contributed by atoms with van der Waals surface area (Å²) in [4.78, 5) is 17.7. The second-order valence-corrected chi connectivity index (χ2v) is 12.8. The molecule has 0 amide bonds. The van der Waals surface area contributed by atoms with Crippen LogP contribution in [0.5, 0.6) is 0 Å². The summed E-state index contributed by atoms with van der Waals surface area (Å²) in [5, 5.41) is 6.38. The quantitative estimate of drug-likeness (QED) is 0.177. The number of hydrogen-bond acceptors (Lipinski definition) is 5. The van der Waals surface area contributed by atoms with E-state index in [0.717, 1.165) is 66.5 Å². The first kappa shape index (κ1) is 29.8. The molecule has 8 aromatic carbocycles. The van der Waals surface area contributed by atoms with E-state index < -0.39 is 0 Å². The Morgan fingerprint density at radius 2 is 1.00 bits per heavy atom. The first-order valence-corrected chi connectivity index (χ1v) is 17.4. The third-order valence-electron chi connectivity index (χ3n) is 9.67. The smallest absolute Gasteiger partial charge is 0.164 e. The number of para-hydroxylation sites is 2. The second kappa shape index (κ2) is 12.3. The summed E-state index contributed by atoms with van der Waals surface area (Å²) >= 11 is 0. The molecule has 52 heavy (non-hydrogen) atoms. The minimum atomic E-state index is 0.581. The van der Waals surface area contributed by atoms with E-state index in [1.165, 1.54) is 10.8 Å². The first-order valence-electron chi connectivity index (χ1n) is 17.4. The van der Waals surface area contributed by atoms with Crippen LogP contribution in [0, 0.1) is 0 Å². The highest BCUT2D eigenvalue weighted by Crippen LogP contribution is 2.46. The number of nitrogens with zero attached hydrogens (tertiary/aromatic N) is 4. The second-order valence-electron chi connectivity index (χ2n) is 12.8. The zero-order chi connectivity index (χ0) is 34.4. The van der Waals surface area contributed by atoms with Gasteiger partial charge in [-0.1, -0.05) is 140 Å². The topological polar surface area (TPSA) is 55.1 Å². The molecule has 2 aromatic heterocycles. The molecule has 0 saturated heterocycles. The van der Waals surface area contributed by atoms with E-state index in [0.29, 0.717) is 17.5 Å². The Morgan fingerprint density at radius 3 is 1.73 bits per heavy atom. The molecule has 2 heterocycles. The molecule has 0 radical (unpaired) electrons. The first-order chi connectivity index (χ1) is 25.8. The summed E-state index contributed by atoms with van der Waals surface area (Å²) in [5.74, 6) is 1.81. The fourth-order valence-electron chi connectivity index (χ4n) is 7.24. The molecule has 10 rings (SSSR count). The maximum Gasteiger partial charge on any atom is 0.164 e. The number of furan rings is 1. The Labute approximate surface area is 300 Å². The van der Waals surface area contributed by atoms with Gasteiger partial charge in [-0.2, -0.15) is 0 Å². The number of rotatable bonds is 6. The van der Waals surface area contributed by atoms with Gasteiger partial charge in [0.25, 0.3) is 0 Å². The normalized spacial score (nSPS) is 11.5. The predicted octanol–water partition coefficient (Wildman–Crippen LogP) is 12.5. The predicted molar refractivity (Wildman–Crippen MR) is 213 cm³/mol. The average Bonchev–Trinajstić information content (AvgIpc) is 3.62. The van der Waals surface area contributed by atoms with E-state index in [1.54, 1.807) is 0 Å². The highest BCUT2D eigenvalue weighted by atomic mass is 16.3. The van der Waals surface area contributed by atoms with Gasteiger partial charge in [0.05, 0.1) is 5.69 Å². The van der Waals surface area contributed by atoms with Gasteiger partial charge in [-0.25, -0.2) is 15.0 Å². The SMILES string of the molecule is c1ccc(-c2nc(-c3ccccc3)nc(-c3cc4c(N(c5ccccc5)c5ccc6ccccc6c5)cccc4c4oc5ccccc5c34)n2)cc1. The molecule has 0 bridgehead atoms. The van der Waals surface area contributed by atoms with Gasteiger partial charge in [0.1, 0.15) is 11.2 Å². The molecule has 0 atom stereocenters. The maximum absolute atomic E-state index is 6.77. The molecule has 0 aliphatic carbocycles. The van der Waals surface area contributed by atoms with Crippen molar-refractivity contribution in [1.29, 1.82) is 0 Å². The van der Waals surface area contributed by atoms with Crippen molar-refractivity contribution in [3.63, 3.8) is 0 Å². The van der Waals surface area contributed by atoms with Crippen LogP contribution in [0.1, 0.15) is 0 Å². The molecule has 10 aromatic rings. The molecule has 5 nitrogen and oxygen atoms in total. The zero-order valence-electron chi connectivity index (χ0n) is 28.0. The fourth-order valence-corrected chi connectivity index (χ4v) is 7.24. The fraction of sp³-hybridized carbons (Fsp3) is 0. The molecule has 0 aliphatic heterocycles. The molecular weight excluding hydrogens is 637 g/mol. The van der Waals surface area contributed by atoms with Crippen molar-refractivity contribution in [1.82, 2.24) is 15.0 Å². The van der Waals surface area contributed by atoms with Crippen molar-refractivity contribution in [3.05, 3.63) is 182 Å². The Morgan fingerprint density at radius 1 is 0.404 bits per heavy atom. The molecule has 0 unspecified atom stereocenters. The molecule has 0 aliphatic rings. The van der Waals surface area contributed by atoms with Gasteiger partial charge in [0.2, 0.25) is 0 Å². The standard InChI is InChI=1S/C47H30N4O/c1-4-16-32(17-5-1)45-48-46(33-18-6-2-7-19-33)50-47(49-45)40-30-39-37(44-43(40)38-23-12-13-26-42(38)52-44)24-14-25-41(39)51(35-21-8-3-9-22-35)36-28-27-31-15-10-11-20-34(31)29-36/h1-30H. The molecule has 5 heteroatoms. The largest absolute Gasteiger partial charge is 0.455 e. The summed E-state index contributed by atoms with van der Waals surface area (Å²) in [6.07, 6.45) is 0. The maximum atomic E-state index is 6.77. The number of fused-ring (bicyclic) bond motifs is 6. The number of benzene rings is 8. The Hall–Kier alpha value is -7.11. The summed E-state index contributed by atoms with van der Waals surface area (Å²) in [7, 11) is 0. The van der Waals surface area contributed by atoms with Crippen molar-refractivity contribution in [3.8, 4) is 34.2 Å². The van der Waals surface area contributed by atoms with Crippen molar-refractivity contribution < 1.29 is 4.42 Å². The average molecular weight is 667 g/mol. The van der Waals surface area contributed by atoms with Gasteiger partial charge in [0.15, 0.2) is 17.5 Å². The van der Waals surface area contributed by atoms with E-state index in [2.05, 4.69) is 114 Å². The minimum Gasteiger partial charge on any atom is -0.455 e. The Bertz CT molecular complexity index is 2850. The lowest BCUT2D eigenvalue weighted by Gasteiger charge is -2.27. The van der Waals surface area contributed by atoms with Gasteiger partial charge >= 0.3 is 0 Å². The minimum absolute atomic E-state index is 0.581. The van der Waals surface area contributed by atoms with E-state index in [4.69, 9.17) is 19.4 Å². The lowest BCUT2D eigenvalue weighted by Crippen LogP contribution is -2.10. The van der Waals surface area contributed by atoms with Gasteiger partial charge in [-0.05, 0) is 53.2 Å². The van der Waals surface area contributed by atoms with E-state index >= 15 is 0 Å². The number of aromatic nitrogens is 3. The number of anilines is 3. The third kappa shape index (κ3) is 5.07. The van der Waals surface area contributed by atoms with Crippen LogP contribution in [-0.4, -0.2) is 15.0 Å². The van der Waals surface area contributed by atoms with Crippen LogP contribution < -0.4 is 4.90 Å². The summed E-state index contributed by atoms with van der Waals surface area (Å²) < 4.78 is 6.77. The number of hydrogen-bond donors (Lipinski definition) is 0. The van der Waals surface area contributed by atoms with Crippen molar-refractivity contribution >= 4 is 60.5 Å². The molecule has 244 valence electrons. The van der Waals surface area contributed by atoms with E-state index in [-0.39, 0.29) is 0 Å². The van der Waals surface area contributed by atoms with Crippen LogP contribution in [0.3, 0.4) is 0 Å². The van der Waals surface area contributed by atoms with Crippen molar-refractivity contribution in [2.24, 2.45) is 0 Å². The molecule has 0 spiro atoms. The van der Waals surface area contributed by atoms with Crippen molar-refractivity contribution in [2.45, 2.75) is 0 Å².